The van der Waals surface area contributed by atoms with E-state index in [-0.39, 0.29) is 5.91 Å². The first kappa shape index (κ1) is 19.0. The molecule has 142 valence electrons. The molecular weight excluding hydrogens is 384 g/mol. The van der Waals surface area contributed by atoms with Gasteiger partial charge in [0.2, 0.25) is 5.91 Å². The molecule has 3 aromatic carbocycles. The fraction of sp³-hybridized carbons (Fsp3) is 0.217. The van der Waals surface area contributed by atoms with Crippen LogP contribution in [0.2, 0.25) is 0 Å². The molecule has 1 heterocycles. The number of hydrogen-bond donors (Lipinski definition) is 0. The van der Waals surface area contributed by atoms with E-state index in [1.165, 1.54) is 25.9 Å². The van der Waals surface area contributed by atoms with E-state index < -0.39 is 0 Å². The van der Waals surface area contributed by atoms with Gasteiger partial charge in [0.15, 0.2) is 4.80 Å². The topological polar surface area (TPSA) is 34.4 Å². The molecule has 0 saturated carbocycles. The van der Waals surface area contributed by atoms with E-state index in [9.17, 15) is 4.79 Å². The highest BCUT2D eigenvalue weighted by molar-refractivity contribution is 7.99. The Bertz CT molecular complexity index is 1200. The lowest BCUT2D eigenvalue weighted by molar-refractivity contribution is -0.117. The van der Waals surface area contributed by atoms with Gasteiger partial charge in [-0.1, -0.05) is 59.4 Å². The van der Waals surface area contributed by atoms with E-state index in [2.05, 4.69) is 84.1 Å². The summed E-state index contributed by atoms with van der Waals surface area (Å²) < 4.78 is 3.33. The number of benzene rings is 3. The van der Waals surface area contributed by atoms with Crippen LogP contribution < -0.4 is 4.80 Å². The number of nitrogens with zero attached hydrogens (tertiary/aromatic N) is 2. The summed E-state index contributed by atoms with van der Waals surface area (Å²) in [5.74, 6) is 0.684. The molecule has 1 amide bonds. The largest absolute Gasteiger partial charge is 0.317 e. The van der Waals surface area contributed by atoms with Gasteiger partial charge in [0, 0.05) is 29.0 Å². The number of fused-ring (bicyclic) bond motifs is 3. The van der Waals surface area contributed by atoms with E-state index in [0.29, 0.717) is 6.42 Å². The maximum atomic E-state index is 12.5. The Kier molecular flexibility index (Phi) is 5.64. The minimum Gasteiger partial charge on any atom is -0.317 e. The van der Waals surface area contributed by atoms with Gasteiger partial charge in [-0.15, -0.1) is 11.8 Å². The van der Waals surface area contributed by atoms with Crippen molar-refractivity contribution in [3.8, 4) is 0 Å². The molecule has 0 fully saturated rings. The molecule has 0 aliphatic rings. The zero-order valence-electron chi connectivity index (χ0n) is 16.0. The summed E-state index contributed by atoms with van der Waals surface area (Å²) in [6, 6.07) is 21.0. The second kappa shape index (κ2) is 8.33. The fourth-order valence-corrected chi connectivity index (χ4v) is 5.33. The summed E-state index contributed by atoms with van der Waals surface area (Å²) in [5, 5.41) is 2.43. The van der Waals surface area contributed by atoms with Gasteiger partial charge < -0.3 is 4.57 Å². The Morgan fingerprint density at radius 2 is 1.86 bits per heavy atom. The Morgan fingerprint density at radius 1 is 1.07 bits per heavy atom. The van der Waals surface area contributed by atoms with Crippen LogP contribution in [0.15, 0.2) is 70.6 Å². The first-order valence-electron chi connectivity index (χ1n) is 9.44. The number of rotatable bonds is 5. The molecule has 0 atom stereocenters. The first-order valence-corrected chi connectivity index (χ1v) is 11.2. The Balaban J connectivity index is 1.58. The predicted molar refractivity (Wildman–Crippen MR) is 120 cm³/mol. The van der Waals surface area contributed by atoms with Gasteiger partial charge in [-0.3, -0.25) is 4.79 Å². The molecule has 28 heavy (non-hydrogen) atoms. The Labute approximate surface area is 172 Å². The lowest BCUT2D eigenvalue weighted by atomic mass is 10.1. The van der Waals surface area contributed by atoms with Crippen LogP contribution in [0.3, 0.4) is 0 Å². The summed E-state index contributed by atoms with van der Waals surface area (Å²) in [6.07, 6.45) is 0.442. The van der Waals surface area contributed by atoms with E-state index in [1.807, 2.05) is 0 Å². The SMILES string of the molecule is CCn1c(=NC(=O)CCSc2ccc(C)cc2)sc2c3ccccc3ccc21. The molecule has 0 spiro atoms. The monoisotopic (exact) mass is 406 g/mol. The lowest BCUT2D eigenvalue weighted by Gasteiger charge is -2.02. The Hall–Kier alpha value is -2.37. The highest BCUT2D eigenvalue weighted by atomic mass is 32.2. The fourth-order valence-electron chi connectivity index (χ4n) is 3.24. The van der Waals surface area contributed by atoms with Gasteiger partial charge in [-0.2, -0.15) is 4.99 Å². The number of thioether (sulfide) groups is 1. The predicted octanol–water partition coefficient (Wildman–Crippen LogP) is 5.79. The van der Waals surface area contributed by atoms with Gasteiger partial charge in [0.25, 0.3) is 0 Å². The molecule has 5 heteroatoms. The molecule has 0 saturated heterocycles. The molecule has 4 rings (SSSR count). The van der Waals surface area contributed by atoms with Crippen LogP contribution in [0, 0.1) is 6.92 Å². The molecule has 0 N–H and O–H groups in total. The number of carbonyl (C=O) groups is 1. The van der Waals surface area contributed by atoms with Crippen molar-refractivity contribution in [2.75, 3.05) is 5.75 Å². The molecule has 0 unspecified atom stereocenters. The summed E-state index contributed by atoms with van der Waals surface area (Å²) in [5.41, 5.74) is 2.39. The Morgan fingerprint density at radius 3 is 2.64 bits per heavy atom. The van der Waals surface area contributed by atoms with E-state index in [0.717, 1.165) is 22.6 Å². The number of amides is 1. The van der Waals surface area contributed by atoms with Crippen molar-refractivity contribution in [1.29, 1.82) is 0 Å². The van der Waals surface area contributed by atoms with Crippen LogP contribution >= 0.6 is 23.1 Å². The van der Waals surface area contributed by atoms with Crippen molar-refractivity contribution in [3.63, 3.8) is 0 Å². The third-order valence-electron chi connectivity index (χ3n) is 4.72. The molecule has 4 aromatic rings. The number of thiazole rings is 1. The maximum absolute atomic E-state index is 12.5. The third kappa shape index (κ3) is 3.91. The van der Waals surface area contributed by atoms with Crippen molar-refractivity contribution in [1.82, 2.24) is 4.57 Å². The van der Waals surface area contributed by atoms with Crippen LogP contribution in [0.1, 0.15) is 18.9 Å². The van der Waals surface area contributed by atoms with Crippen molar-refractivity contribution >= 4 is 50.0 Å². The number of hydrogen-bond acceptors (Lipinski definition) is 3. The van der Waals surface area contributed by atoms with Crippen molar-refractivity contribution in [3.05, 3.63) is 71.0 Å². The van der Waals surface area contributed by atoms with Crippen molar-refractivity contribution in [2.45, 2.75) is 31.7 Å². The molecular formula is C23H22N2OS2. The van der Waals surface area contributed by atoms with Crippen molar-refractivity contribution in [2.24, 2.45) is 4.99 Å². The van der Waals surface area contributed by atoms with E-state index >= 15 is 0 Å². The normalized spacial score (nSPS) is 12.1. The van der Waals surface area contributed by atoms with Crippen LogP contribution in [-0.4, -0.2) is 16.2 Å². The summed E-state index contributed by atoms with van der Waals surface area (Å²) in [7, 11) is 0. The second-order valence-corrected chi connectivity index (χ2v) is 8.83. The molecule has 0 aliphatic carbocycles. The summed E-state index contributed by atoms with van der Waals surface area (Å²) in [6.45, 7) is 4.97. The number of carbonyl (C=O) groups excluding carboxylic acids is 1. The highest BCUT2D eigenvalue weighted by Gasteiger charge is 2.10. The smallest absolute Gasteiger partial charge is 0.249 e. The third-order valence-corrected chi connectivity index (χ3v) is 6.86. The van der Waals surface area contributed by atoms with Gasteiger partial charge in [-0.25, -0.2) is 0 Å². The molecule has 0 radical (unpaired) electrons. The average molecular weight is 407 g/mol. The van der Waals surface area contributed by atoms with Crippen LogP contribution in [0.4, 0.5) is 0 Å². The second-order valence-electron chi connectivity index (χ2n) is 6.68. The number of aryl methyl sites for hydroxylation is 2. The summed E-state index contributed by atoms with van der Waals surface area (Å²) in [4.78, 5) is 18.9. The minimum atomic E-state index is -0.0577. The number of aromatic nitrogens is 1. The lowest BCUT2D eigenvalue weighted by Crippen LogP contribution is -2.15. The highest BCUT2D eigenvalue weighted by Crippen LogP contribution is 2.27. The van der Waals surface area contributed by atoms with Crippen LogP contribution in [0.5, 0.6) is 0 Å². The van der Waals surface area contributed by atoms with Gasteiger partial charge in [-0.05, 0) is 37.4 Å². The minimum absolute atomic E-state index is 0.0577. The maximum Gasteiger partial charge on any atom is 0.249 e. The standard InChI is InChI=1S/C23H22N2OS2/c1-3-25-20-13-10-17-6-4-5-7-19(17)22(20)28-23(25)24-21(26)14-15-27-18-11-8-16(2)9-12-18/h4-13H,3,14-15H2,1-2H3. The quantitative estimate of drug-likeness (QED) is 0.393. The van der Waals surface area contributed by atoms with Gasteiger partial charge in [0.1, 0.15) is 0 Å². The van der Waals surface area contributed by atoms with E-state index in [1.54, 1.807) is 23.1 Å². The molecule has 3 nitrogen and oxygen atoms in total. The van der Waals surface area contributed by atoms with Gasteiger partial charge >= 0.3 is 0 Å². The van der Waals surface area contributed by atoms with Crippen LogP contribution in [-0.2, 0) is 11.3 Å². The van der Waals surface area contributed by atoms with Crippen LogP contribution in [0.25, 0.3) is 21.0 Å². The summed E-state index contributed by atoms with van der Waals surface area (Å²) >= 11 is 3.31. The van der Waals surface area contributed by atoms with Gasteiger partial charge in [0.05, 0.1) is 10.2 Å². The van der Waals surface area contributed by atoms with E-state index in [4.69, 9.17) is 0 Å². The molecule has 0 bridgehead atoms. The molecule has 1 aromatic heterocycles. The van der Waals surface area contributed by atoms with Crippen molar-refractivity contribution < 1.29 is 4.79 Å². The average Bonchev–Trinajstić information content (AvgIpc) is 3.07. The first-order chi connectivity index (χ1) is 13.7. The zero-order chi connectivity index (χ0) is 19.5. The molecule has 0 aliphatic heterocycles. The zero-order valence-corrected chi connectivity index (χ0v) is 17.6.